The zero-order chi connectivity index (χ0) is 24.9. The highest BCUT2D eigenvalue weighted by atomic mass is 32.2. The molecule has 10 heteroatoms. The SMILES string of the molecule is CCOC(=O)C1=C(CSc2nc3c(cc2C#N)CN(C)CC3)OC(N)=C(C#N)[C@@H]1c1ccncc1. The van der Waals surface area contributed by atoms with Gasteiger partial charge >= 0.3 is 5.97 Å². The second-order valence-electron chi connectivity index (χ2n) is 8.10. The molecule has 0 amide bonds. The Morgan fingerprint density at radius 3 is 2.80 bits per heavy atom. The van der Waals surface area contributed by atoms with Crippen molar-refractivity contribution in [2.24, 2.45) is 5.73 Å². The van der Waals surface area contributed by atoms with Crippen LogP contribution in [0.2, 0.25) is 0 Å². The number of rotatable bonds is 6. The summed E-state index contributed by atoms with van der Waals surface area (Å²) in [4.78, 5) is 24.1. The number of hydrogen-bond donors (Lipinski definition) is 1. The lowest BCUT2D eigenvalue weighted by molar-refractivity contribution is -0.139. The minimum absolute atomic E-state index is 0.0695. The van der Waals surface area contributed by atoms with E-state index in [0.29, 0.717) is 16.2 Å². The molecule has 0 saturated carbocycles. The number of fused-ring (bicyclic) bond motifs is 1. The van der Waals surface area contributed by atoms with Gasteiger partial charge in [0.1, 0.15) is 28.5 Å². The molecule has 0 spiro atoms. The Hall–Kier alpha value is -3.86. The number of aromatic nitrogens is 2. The van der Waals surface area contributed by atoms with Crippen LogP contribution in [0.25, 0.3) is 0 Å². The highest BCUT2D eigenvalue weighted by Gasteiger charge is 2.37. The van der Waals surface area contributed by atoms with Gasteiger partial charge in [0, 0.05) is 37.6 Å². The first-order chi connectivity index (χ1) is 17.0. The number of likely N-dealkylation sites (N-methyl/N-ethyl adjacent to an activating group) is 1. The predicted octanol–water partition coefficient (Wildman–Crippen LogP) is 2.75. The Labute approximate surface area is 207 Å². The van der Waals surface area contributed by atoms with Gasteiger partial charge in [0.25, 0.3) is 0 Å². The lowest BCUT2D eigenvalue weighted by atomic mass is 9.83. The maximum atomic E-state index is 13.1. The van der Waals surface area contributed by atoms with Crippen LogP contribution >= 0.6 is 11.8 Å². The quantitative estimate of drug-likeness (QED) is 0.477. The Bertz CT molecular complexity index is 1290. The van der Waals surface area contributed by atoms with Gasteiger partial charge in [0.05, 0.1) is 29.4 Å². The summed E-state index contributed by atoms with van der Waals surface area (Å²) in [5.74, 6) is -0.967. The van der Waals surface area contributed by atoms with Crippen LogP contribution in [0.5, 0.6) is 0 Å². The maximum Gasteiger partial charge on any atom is 0.338 e. The molecule has 0 radical (unpaired) electrons. The molecule has 178 valence electrons. The monoisotopic (exact) mass is 488 g/mol. The van der Waals surface area contributed by atoms with Gasteiger partial charge in [-0.3, -0.25) is 4.98 Å². The second kappa shape index (κ2) is 10.6. The van der Waals surface area contributed by atoms with E-state index in [9.17, 15) is 15.3 Å². The van der Waals surface area contributed by atoms with E-state index in [1.165, 1.54) is 11.8 Å². The van der Waals surface area contributed by atoms with Crippen molar-refractivity contribution in [3.63, 3.8) is 0 Å². The molecule has 2 N–H and O–H groups in total. The molecule has 0 aromatic carbocycles. The minimum Gasteiger partial charge on any atom is -0.463 e. The van der Waals surface area contributed by atoms with Crippen LogP contribution in [0.4, 0.5) is 0 Å². The molecule has 2 aliphatic heterocycles. The van der Waals surface area contributed by atoms with Gasteiger partial charge in [0.2, 0.25) is 5.88 Å². The number of pyridine rings is 2. The fraction of sp³-hybridized carbons (Fsp3) is 0.320. The summed E-state index contributed by atoms with van der Waals surface area (Å²) >= 11 is 1.29. The van der Waals surface area contributed by atoms with Crippen LogP contribution in [0.15, 0.2) is 58.4 Å². The molecule has 0 aliphatic carbocycles. The summed E-state index contributed by atoms with van der Waals surface area (Å²) in [5, 5.41) is 20.1. The van der Waals surface area contributed by atoms with E-state index in [1.54, 1.807) is 31.5 Å². The molecule has 2 aromatic rings. The standard InChI is InChI=1S/C25H24N6O3S/c1-3-33-25(32)22-20(34-23(28)18(12-27)21(22)15-4-7-29-8-5-15)14-35-24-16(11-26)10-17-13-31(2)9-6-19(17)30-24/h4-5,7-8,10,21H,3,6,9,13-14,28H2,1-2H3/t21-/m0/s1. The third kappa shape index (κ3) is 4.99. The van der Waals surface area contributed by atoms with Gasteiger partial charge in [-0.25, -0.2) is 9.78 Å². The third-order valence-corrected chi connectivity index (χ3v) is 6.81. The molecule has 2 aromatic heterocycles. The van der Waals surface area contributed by atoms with Crippen LogP contribution in [0, 0.1) is 22.7 Å². The number of carbonyl (C=O) groups is 1. The Morgan fingerprint density at radius 2 is 2.11 bits per heavy atom. The lowest BCUT2D eigenvalue weighted by Crippen LogP contribution is -2.28. The van der Waals surface area contributed by atoms with E-state index in [0.717, 1.165) is 30.8 Å². The van der Waals surface area contributed by atoms with E-state index in [4.69, 9.17) is 20.2 Å². The van der Waals surface area contributed by atoms with Gasteiger partial charge in [-0.05, 0) is 43.3 Å². The number of nitrogens with two attached hydrogens (primary N) is 1. The lowest BCUT2D eigenvalue weighted by Gasteiger charge is -2.28. The molecule has 0 saturated heterocycles. The summed E-state index contributed by atoms with van der Waals surface area (Å²) in [6.07, 6.45) is 3.96. The Balaban J connectivity index is 1.73. The first kappa shape index (κ1) is 24.3. The second-order valence-corrected chi connectivity index (χ2v) is 9.06. The normalized spacial score (nSPS) is 17.8. The van der Waals surface area contributed by atoms with Gasteiger partial charge < -0.3 is 20.1 Å². The van der Waals surface area contributed by atoms with Crippen molar-refractivity contribution in [3.05, 3.63) is 75.8 Å². The smallest absolute Gasteiger partial charge is 0.338 e. The number of allylic oxidation sites excluding steroid dienone is 1. The molecule has 4 rings (SSSR count). The maximum absolute atomic E-state index is 13.1. The van der Waals surface area contributed by atoms with Crippen LogP contribution < -0.4 is 5.73 Å². The highest BCUT2D eigenvalue weighted by Crippen LogP contribution is 2.41. The van der Waals surface area contributed by atoms with Crippen molar-refractivity contribution in [3.8, 4) is 12.1 Å². The van der Waals surface area contributed by atoms with E-state index in [1.807, 2.05) is 13.1 Å². The molecule has 9 nitrogen and oxygen atoms in total. The summed E-state index contributed by atoms with van der Waals surface area (Å²) in [7, 11) is 2.04. The summed E-state index contributed by atoms with van der Waals surface area (Å²) in [6, 6.07) is 9.63. The number of nitriles is 2. The number of carbonyl (C=O) groups excluding carboxylic acids is 1. The van der Waals surface area contributed by atoms with Crippen molar-refractivity contribution < 1.29 is 14.3 Å². The summed E-state index contributed by atoms with van der Waals surface area (Å²) < 4.78 is 11.1. The molecular weight excluding hydrogens is 464 g/mol. The number of hydrogen-bond acceptors (Lipinski definition) is 10. The van der Waals surface area contributed by atoms with Gasteiger partial charge in [0.15, 0.2) is 0 Å². The molecule has 4 heterocycles. The van der Waals surface area contributed by atoms with Crippen molar-refractivity contribution >= 4 is 17.7 Å². The first-order valence-corrected chi connectivity index (χ1v) is 12.1. The topological polar surface area (TPSA) is 138 Å². The Kier molecular flexibility index (Phi) is 7.35. The Morgan fingerprint density at radius 1 is 1.34 bits per heavy atom. The molecular formula is C25H24N6O3S. The number of esters is 1. The fourth-order valence-electron chi connectivity index (χ4n) is 4.16. The predicted molar refractivity (Wildman–Crippen MR) is 128 cm³/mol. The number of nitrogens with zero attached hydrogens (tertiary/aromatic N) is 5. The van der Waals surface area contributed by atoms with Crippen molar-refractivity contribution in [1.29, 1.82) is 10.5 Å². The van der Waals surface area contributed by atoms with E-state index >= 15 is 0 Å². The van der Waals surface area contributed by atoms with E-state index < -0.39 is 11.9 Å². The van der Waals surface area contributed by atoms with Gasteiger partial charge in [-0.2, -0.15) is 10.5 Å². The van der Waals surface area contributed by atoms with Crippen LogP contribution in [0.1, 0.15) is 35.2 Å². The molecule has 0 bridgehead atoms. The minimum atomic E-state index is -0.756. The highest BCUT2D eigenvalue weighted by molar-refractivity contribution is 7.99. The van der Waals surface area contributed by atoms with Crippen molar-refractivity contribution in [1.82, 2.24) is 14.9 Å². The molecule has 1 atom stereocenters. The van der Waals surface area contributed by atoms with Crippen molar-refractivity contribution in [2.75, 3.05) is 26.0 Å². The van der Waals surface area contributed by atoms with Gasteiger partial charge in [-0.1, -0.05) is 11.8 Å². The van der Waals surface area contributed by atoms with Crippen molar-refractivity contribution in [2.45, 2.75) is 30.8 Å². The van der Waals surface area contributed by atoms with E-state index in [2.05, 4.69) is 22.0 Å². The first-order valence-electron chi connectivity index (χ1n) is 11.1. The summed E-state index contributed by atoms with van der Waals surface area (Å²) in [5.41, 5.74) is 9.60. The van der Waals surface area contributed by atoms with Crippen LogP contribution in [0.3, 0.4) is 0 Å². The van der Waals surface area contributed by atoms with Gasteiger partial charge in [-0.15, -0.1) is 0 Å². The number of thioether (sulfide) groups is 1. The number of ether oxygens (including phenoxy) is 2. The zero-order valence-corrected chi connectivity index (χ0v) is 20.3. The molecule has 0 fully saturated rings. The van der Waals surface area contributed by atoms with E-state index in [-0.39, 0.29) is 35.1 Å². The summed E-state index contributed by atoms with van der Waals surface area (Å²) in [6.45, 7) is 3.51. The zero-order valence-electron chi connectivity index (χ0n) is 19.4. The van der Waals surface area contributed by atoms with Crippen LogP contribution in [-0.4, -0.2) is 46.8 Å². The third-order valence-electron chi connectivity index (χ3n) is 5.82. The van der Waals surface area contributed by atoms with Crippen LogP contribution in [-0.2, 0) is 27.2 Å². The molecule has 2 aliphatic rings. The largest absolute Gasteiger partial charge is 0.463 e. The fourth-order valence-corrected chi connectivity index (χ4v) is 5.08. The average molecular weight is 489 g/mol. The average Bonchev–Trinajstić information content (AvgIpc) is 2.87. The molecule has 0 unspecified atom stereocenters. The molecule has 35 heavy (non-hydrogen) atoms.